The summed E-state index contributed by atoms with van der Waals surface area (Å²) in [5.74, 6) is -0.936. The van der Waals surface area contributed by atoms with Gasteiger partial charge in [0.05, 0.1) is 10.6 Å². The third-order valence-corrected chi connectivity index (χ3v) is 8.43. The number of sulfonamides is 1. The van der Waals surface area contributed by atoms with E-state index in [-0.39, 0.29) is 23.0 Å². The van der Waals surface area contributed by atoms with Gasteiger partial charge < -0.3 is 10.2 Å². The van der Waals surface area contributed by atoms with E-state index in [1.807, 2.05) is 0 Å². The number of nitrogens with one attached hydrogen (secondary N) is 1. The maximum Gasteiger partial charge on any atom is 0.264 e. The summed E-state index contributed by atoms with van der Waals surface area (Å²) in [6.45, 7) is 5.02. The van der Waals surface area contributed by atoms with Crippen molar-refractivity contribution in [2.45, 2.75) is 38.3 Å². The Morgan fingerprint density at radius 2 is 1.59 bits per heavy atom. The van der Waals surface area contributed by atoms with Crippen molar-refractivity contribution in [3.63, 3.8) is 0 Å². The first-order valence-corrected chi connectivity index (χ1v) is 13.9. The molecule has 0 saturated heterocycles. The molecule has 0 spiro atoms. The Morgan fingerprint density at radius 1 is 0.946 bits per heavy atom. The monoisotopic (exact) mass is 561 g/mol. The first-order valence-electron chi connectivity index (χ1n) is 11.7. The van der Waals surface area contributed by atoms with Gasteiger partial charge in [-0.2, -0.15) is 0 Å². The van der Waals surface area contributed by atoms with E-state index < -0.39 is 28.5 Å². The number of benzene rings is 3. The van der Waals surface area contributed by atoms with Crippen molar-refractivity contribution in [1.29, 1.82) is 0 Å². The largest absolute Gasteiger partial charge is 0.355 e. The fraction of sp³-hybridized carbons (Fsp3) is 0.259. The van der Waals surface area contributed by atoms with Crippen LogP contribution in [0.2, 0.25) is 10.0 Å². The number of aryl methyl sites for hydroxylation is 1. The average Bonchev–Trinajstić information content (AvgIpc) is 2.88. The van der Waals surface area contributed by atoms with Crippen molar-refractivity contribution in [3.8, 4) is 0 Å². The quantitative estimate of drug-likeness (QED) is 0.375. The lowest BCUT2D eigenvalue weighted by atomic mass is 10.1. The van der Waals surface area contributed by atoms with Gasteiger partial charge in [0, 0.05) is 23.1 Å². The van der Waals surface area contributed by atoms with Gasteiger partial charge in [-0.15, -0.1) is 0 Å². The van der Waals surface area contributed by atoms with E-state index in [9.17, 15) is 18.0 Å². The molecule has 0 aliphatic heterocycles. The first kappa shape index (κ1) is 28.5. The summed E-state index contributed by atoms with van der Waals surface area (Å²) in [5, 5.41) is 3.52. The minimum atomic E-state index is -4.15. The molecule has 3 aromatic rings. The van der Waals surface area contributed by atoms with Crippen LogP contribution in [0.1, 0.15) is 25.0 Å². The van der Waals surface area contributed by atoms with Crippen molar-refractivity contribution < 1.29 is 18.0 Å². The number of nitrogens with zero attached hydrogens (tertiary/aromatic N) is 2. The molecular weight excluding hydrogens is 533 g/mol. The van der Waals surface area contributed by atoms with Crippen molar-refractivity contribution >= 4 is 50.7 Å². The highest BCUT2D eigenvalue weighted by Crippen LogP contribution is 2.29. The fourth-order valence-corrected chi connectivity index (χ4v) is 5.50. The summed E-state index contributed by atoms with van der Waals surface area (Å²) < 4.78 is 28.4. The summed E-state index contributed by atoms with van der Waals surface area (Å²) in [6, 6.07) is 18.7. The lowest BCUT2D eigenvalue weighted by molar-refractivity contribution is -0.139. The number of amides is 2. The Labute approximate surface area is 228 Å². The smallest absolute Gasteiger partial charge is 0.264 e. The zero-order valence-corrected chi connectivity index (χ0v) is 23.1. The van der Waals surface area contributed by atoms with Crippen LogP contribution in [0.5, 0.6) is 0 Å². The first-order chi connectivity index (χ1) is 17.6. The molecule has 196 valence electrons. The van der Waals surface area contributed by atoms with E-state index in [1.54, 1.807) is 75.4 Å². The van der Waals surface area contributed by atoms with E-state index >= 15 is 0 Å². The average molecular weight is 563 g/mol. The number of likely N-dealkylation sites (N-methyl/N-ethyl adjacent to an activating group) is 1. The van der Waals surface area contributed by atoms with Crippen LogP contribution in [0.15, 0.2) is 77.7 Å². The number of halogens is 2. The second kappa shape index (κ2) is 12.4. The molecule has 0 saturated carbocycles. The van der Waals surface area contributed by atoms with Crippen LogP contribution in [0.4, 0.5) is 5.69 Å². The van der Waals surface area contributed by atoms with Gasteiger partial charge in [-0.05, 0) is 62.2 Å². The highest BCUT2D eigenvalue weighted by molar-refractivity contribution is 7.92. The molecule has 3 rings (SSSR count). The molecule has 1 atom stereocenters. The number of anilines is 1. The Bertz CT molecular complexity index is 1370. The molecule has 0 fully saturated rings. The minimum absolute atomic E-state index is 0.0185. The van der Waals surface area contributed by atoms with Crippen LogP contribution in [0, 0.1) is 6.92 Å². The van der Waals surface area contributed by atoms with Crippen LogP contribution < -0.4 is 9.62 Å². The molecule has 7 nitrogen and oxygen atoms in total. The zero-order chi connectivity index (χ0) is 27.2. The lowest BCUT2D eigenvalue weighted by Gasteiger charge is -2.32. The second-order valence-electron chi connectivity index (χ2n) is 8.44. The molecule has 0 radical (unpaired) electrons. The standard InChI is InChI=1S/C27H29Cl2N3O4S/c1-4-30-27(34)20(3)31(17-21-10-8-9-13-24(21)28)26(33)18-32(22-15-14-19(2)25(29)16-22)37(35,36)23-11-6-5-7-12-23/h5-16,20H,4,17-18H2,1-3H3,(H,30,34)/t20-/m1/s1. The van der Waals surface area contributed by atoms with Crippen LogP contribution >= 0.6 is 23.2 Å². The molecule has 0 heterocycles. The fourth-order valence-electron chi connectivity index (χ4n) is 3.70. The van der Waals surface area contributed by atoms with Gasteiger partial charge in [0.25, 0.3) is 10.0 Å². The Hall–Kier alpha value is -3.07. The van der Waals surface area contributed by atoms with E-state index in [2.05, 4.69) is 5.32 Å². The molecule has 2 amide bonds. The van der Waals surface area contributed by atoms with Gasteiger partial charge in [-0.1, -0.05) is 65.7 Å². The molecular formula is C27H29Cl2N3O4S. The molecule has 1 N–H and O–H groups in total. The third-order valence-electron chi connectivity index (χ3n) is 5.87. The molecule has 10 heteroatoms. The molecule has 3 aromatic carbocycles. The van der Waals surface area contributed by atoms with Crippen LogP contribution in [-0.2, 0) is 26.2 Å². The molecule has 0 aliphatic rings. The predicted octanol–water partition coefficient (Wildman–Crippen LogP) is 5.05. The van der Waals surface area contributed by atoms with E-state index in [4.69, 9.17) is 23.2 Å². The van der Waals surface area contributed by atoms with Crippen LogP contribution in [0.3, 0.4) is 0 Å². The number of hydrogen-bond donors (Lipinski definition) is 1. The van der Waals surface area contributed by atoms with Crippen molar-refractivity contribution in [3.05, 3.63) is 94.0 Å². The number of carbonyl (C=O) groups is 2. The van der Waals surface area contributed by atoms with Crippen LogP contribution in [-0.4, -0.2) is 44.3 Å². The molecule has 0 aromatic heterocycles. The topological polar surface area (TPSA) is 86.8 Å². The zero-order valence-electron chi connectivity index (χ0n) is 20.8. The SMILES string of the molecule is CCNC(=O)[C@@H](C)N(Cc1ccccc1Cl)C(=O)CN(c1ccc(C)c(Cl)c1)S(=O)(=O)c1ccccc1. The van der Waals surface area contributed by atoms with Gasteiger partial charge in [-0.3, -0.25) is 13.9 Å². The normalized spacial score (nSPS) is 12.0. The Balaban J connectivity index is 2.05. The van der Waals surface area contributed by atoms with Crippen molar-refractivity contribution in [2.24, 2.45) is 0 Å². The summed E-state index contributed by atoms with van der Waals surface area (Å²) in [6.07, 6.45) is 0. The summed E-state index contributed by atoms with van der Waals surface area (Å²) >= 11 is 12.7. The van der Waals surface area contributed by atoms with Gasteiger partial charge in [-0.25, -0.2) is 8.42 Å². The highest BCUT2D eigenvalue weighted by atomic mass is 35.5. The second-order valence-corrected chi connectivity index (χ2v) is 11.1. The molecule has 0 bridgehead atoms. The highest BCUT2D eigenvalue weighted by Gasteiger charge is 2.32. The van der Waals surface area contributed by atoms with Crippen molar-refractivity contribution in [1.82, 2.24) is 10.2 Å². The molecule has 37 heavy (non-hydrogen) atoms. The summed E-state index contributed by atoms with van der Waals surface area (Å²) in [4.78, 5) is 27.9. The van der Waals surface area contributed by atoms with Gasteiger partial charge >= 0.3 is 0 Å². The Morgan fingerprint density at radius 3 is 2.22 bits per heavy atom. The van der Waals surface area contributed by atoms with Gasteiger partial charge in [0.15, 0.2) is 0 Å². The van der Waals surface area contributed by atoms with Gasteiger partial charge in [0.1, 0.15) is 12.6 Å². The number of hydrogen-bond acceptors (Lipinski definition) is 4. The third kappa shape index (κ3) is 6.83. The minimum Gasteiger partial charge on any atom is -0.355 e. The van der Waals surface area contributed by atoms with E-state index in [1.165, 1.54) is 23.1 Å². The van der Waals surface area contributed by atoms with Crippen molar-refractivity contribution in [2.75, 3.05) is 17.4 Å². The maximum atomic E-state index is 13.8. The predicted molar refractivity (Wildman–Crippen MR) is 147 cm³/mol. The molecule has 0 unspecified atom stereocenters. The van der Waals surface area contributed by atoms with E-state index in [0.717, 1.165) is 9.87 Å². The molecule has 0 aliphatic carbocycles. The number of carbonyl (C=O) groups excluding carboxylic acids is 2. The van der Waals surface area contributed by atoms with Gasteiger partial charge in [0.2, 0.25) is 11.8 Å². The van der Waals surface area contributed by atoms with E-state index in [0.29, 0.717) is 22.2 Å². The Kier molecular flexibility index (Phi) is 9.59. The maximum absolute atomic E-state index is 13.8. The summed E-state index contributed by atoms with van der Waals surface area (Å²) in [5.41, 5.74) is 1.62. The lowest BCUT2D eigenvalue weighted by Crippen LogP contribution is -2.51. The number of rotatable bonds is 10. The van der Waals surface area contributed by atoms with Crippen LogP contribution in [0.25, 0.3) is 0 Å². The summed E-state index contributed by atoms with van der Waals surface area (Å²) in [7, 11) is -4.15.